The number of hydrogen-bond acceptors (Lipinski definition) is 2. The van der Waals surface area contributed by atoms with Crippen LogP contribution in [0.25, 0.3) is 11.6 Å². The third kappa shape index (κ3) is 3.98. The quantitative estimate of drug-likeness (QED) is 0.677. The molecule has 2 nitrogen and oxygen atoms in total. The first-order valence-electron chi connectivity index (χ1n) is 8.66. The van der Waals surface area contributed by atoms with Crippen LogP contribution in [0.1, 0.15) is 60.7 Å². The number of fused-ring (bicyclic) bond motifs is 1. The molecule has 2 aromatic carbocycles. The molecule has 2 aromatic rings. The van der Waals surface area contributed by atoms with Crippen molar-refractivity contribution in [2.24, 2.45) is 0 Å². The molecule has 25 heavy (non-hydrogen) atoms. The molecule has 0 aromatic heterocycles. The molecule has 1 heterocycles. The minimum atomic E-state index is -0.891. The lowest BCUT2D eigenvalue weighted by molar-refractivity contribution is 0.0697. The van der Waals surface area contributed by atoms with Crippen LogP contribution >= 0.6 is 11.8 Å². The zero-order valence-electron chi connectivity index (χ0n) is 15.0. The Labute approximate surface area is 154 Å². The van der Waals surface area contributed by atoms with Crippen LogP contribution in [0.5, 0.6) is 0 Å². The Balaban J connectivity index is 1.93. The summed E-state index contributed by atoms with van der Waals surface area (Å²) >= 11 is 1.97. The van der Waals surface area contributed by atoms with Crippen molar-refractivity contribution in [3.63, 3.8) is 0 Å². The second-order valence-electron chi connectivity index (χ2n) is 7.30. The summed E-state index contributed by atoms with van der Waals surface area (Å²) in [5.74, 6) is 0.304. The Bertz CT molecular complexity index is 816. The van der Waals surface area contributed by atoms with Crippen molar-refractivity contribution in [1.29, 1.82) is 0 Å². The molecule has 130 valence electrons. The molecule has 1 aliphatic heterocycles. The third-order valence-corrected chi connectivity index (χ3v) is 6.07. The van der Waals surface area contributed by atoms with Crippen LogP contribution in [0, 0.1) is 0 Å². The predicted molar refractivity (Wildman–Crippen MR) is 106 cm³/mol. The highest BCUT2D eigenvalue weighted by atomic mass is 32.2. The molecular weight excluding hydrogens is 328 g/mol. The minimum absolute atomic E-state index is 0.207. The van der Waals surface area contributed by atoms with E-state index in [-0.39, 0.29) is 5.41 Å². The normalized spacial score (nSPS) is 16.8. The molecule has 0 saturated carbocycles. The maximum Gasteiger partial charge on any atom is 0.335 e. The molecule has 0 aliphatic carbocycles. The molecule has 0 atom stereocenters. The number of carbonyl (C=O) groups is 1. The van der Waals surface area contributed by atoms with Gasteiger partial charge in [0, 0.05) is 4.90 Å². The molecule has 3 rings (SSSR count). The predicted octanol–water partition coefficient (Wildman–Crippen LogP) is 6.11. The van der Waals surface area contributed by atoms with E-state index in [9.17, 15) is 4.79 Å². The zero-order chi connectivity index (χ0) is 18.0. The summed E-state index contributed by atoms with van der Waals surface area (Å²) in [5.41, 5.74) is 5.41. The van der Waals surface area contributed by atoms with Gasteiger partial charge in [-0.3, -0.25) is 0 Å². The molecule has 1 N–H and O–H groups in total. The summed E-state index contributed by atoms with van der Waals surface area (Å²) < 4.78 is 0. The molecule has 0 bridgehead atoms. The van der Waals surface area contributed by atoms with Crippen molar-refractivity contribution < 1.29 is 9.90 Å². The van der Waals surface area contributed by atoms with Crippen molar-refractivity contribution in [3.05, 3.63) is 64.7 Å². The van der Waals surface area contributed by atoms with Crippen molar-refractivity contribution >= 4 is 29.4 Å². The average Bonchev–Trinajstić information content (AvgIpc) is 2.73. The minimum Gasteiger partial charge on any atom is -0.478 e. The van der Waals surface area contributed by atoms with Gasteiger partial charge >= 0.3 is 5.97 Å². The molecule has 3 heteroatoms. The van der Waals surface area contributed by atoms with Crippen molar-refractivity contribution in [2.45, 2.75) is 43.9 Å². The summed E-state index contributed by atoms with van der Waals surface area (Å²) in [6, 6.07) is 13.8. The van der Waals surface area contributed by atoms with E-state index in [1.807, 2.05) is 23.9 Å². The first-order valence-corrected chi connectivity index (χ1v) is 9.65. The number of rotatable bonds is 3. The summed E-state index contributed by atoms with van der Waals surface area (Å²) in [7, 11) is 0. The lowest BCUT2D eigenvalue weighted by atomic mass is 9.80. The smallest absolute Gasteiger partial charge is 0.335 e. The van der Waals surface area contributed by atoms with E-state index in [4.69, 9.17) is 5.11 Å². The largest absolute Gasteiger partial charge is 0.478 e. The number of carboxylic acid groups (broad SMARTS) is 1. The van der Waals surface area contributed by atoms with Crippen molar-refractivity contribution in [1.82, 2.24) is 0 Å². The summed E-state index contributed by atoms with van der Waals surface area (Å²) in [6.07, 6.45) is 4.59. The molecule has 0 fully saturated rings. The highest BCUT2D eigenvalue weighted by Gasteiger charge is 2.26. The van der Waals surface area contributed by atoms with E-state index < -0.39 is 5.97 Å². The van der Waals surface area contributed by atoms with E-state index in [1.54, 1.807) is 12.1 Å². The van der Waals surface area contributed by atoms with Gasteiger partial charge in [0.1, 0.15) is 0 Å². The Hall–Kier alpha value is -2.00. The van der Waals surface area contributed by atoms with Gasteiger partial charge < -0.3 is 5.11 Å². The van der Waals surface area contributed by atoms with Gasteiger partial charge in [-0.2, -0.15) is 0 Å². The van der Waals surface area contributed by atoms with Crippen molar-refractivity contribution in [3.8, 4) is 0 Å². The number of thioether (sulfide) groups is 1. The van der Waals surface area contributed by atoms with E-state index in [0.717, 1.165) is 5.56 Å². The molecule has 0 radical (unpaired) electrons. The fraction of sp³-hybridized carbons (Fsp3) is 0.318. The van der Waals surface area contributed by atoms with Gasteiger partial charge in [0.2, 0.25) is 0 Å². The number of allylic oxidation sites excluding steroid dienone is 1. The first-order chi connectivity index (χ1) is 11.9. The number of benzene rings is 2. The zero-order valence-corrected chi connectivity index (χ0v) is 15.8. The Kier molecular flexibility index (Phi) is 5.05. The van der Waals surface area contributed by atoms with E-state index >= 15 is 0 Å². The number of aromatic carboxylic acids is 1. The Morgan fingerprint density at radius 3 is 2.48 bits per heavy atom. The van der Waals surface area contributed by atoms with Crippen molar-refractivity contribution in [2.75, 3.05) is 5.75 Å². The lowest BCUT2D eigenvalue weighted by Gasteiger charge is -2.25. The molecule has 0 unspecified atom stereocenters. The number of carboxylic acids is 1. The lowest BCUT2D eigenvalue weighted by Crippen LogP contribution is -2.17. The highest BCUT2D eigenvalue weighted by molar-refractivity contribution is 7.99. The molecule has 0 spiro atoms. The topological polar surface area (TPSA) is 37.3 Å². The van der Waals surface area contributed by atoms with Gasteiger partial charge in [-0.15, -0.1) is 11.8 Å². The third-order valence-electron chi connectivity index (χ3n) is 4.91. The maximum absolute atomic E-state index is 11.0. The van der Waals surface area contributed by atoms with Gasteiger partial charge in [-0.25, -0.2) is 4.79 Å². The second kappa shape index (κ2) is 7.09. The maximum atomic E-state index is 11.0. The standard InChI is InChI=1S/C22H24O2S/c1-15(13-16-5-7-17(8-6-16)21(23)24)18-9-10-20-19(14-18)22(2,3)11-4-12-25-20/h5-10,13-14H,4,11-12H2,1-3H3,(H,23,24). The van der Waals surface area contributed by atoms with Gasteiger partial charge in [0.25, 0.3) is 0 Å². The van der Waals surface area contributed by atoms with Crippen LogP contribution in [-0.2, 0) is 5.41 Å². The summed E-state index contributed by atoms with van der Waals surface area (Å²) in [6.45, 7) is 6.79. The second-order valence-corrected chi connectivity index (χ2v) is 8.44. The van der Waals surface area contributed by atoms with E-state index in [2.05, 4.69) is 45.0 Å². The van der Waals surface area contributed by atoms with Crippen LogP contribution < -0.4 is 0 Å². The number of hydrogen-bond donors (Lipinski definition) is 1. The van der Waals surface area contributed by atoms with E-state index in [0.29, 0.717) is 5.56 Å². The molecule has 0 amide bonds. The Morgan fingerprint density at radius 1 is 1.12 bits per heavy atom. The van der Waals surface area contributed by atoms with Crippen LogP contribution in [-0.4, -0.2) is 16.8 Å². The monoisotopic (exact) mass is 352 g/mol. The van der Waals surface area contributed by atoms with Crippen LogP contribution in [0.4, 0.5) is 0 Å². The van der Waals surface area contributed by atoms with Gasteiger partial charge in [0.15, 0.2) is 0 Å². The molecule has 0 saturated heterocycles. The van der Waals surface area contributed by atoms with Crippen LogP contribution in [0.2, 0.25) is 0 Å². The van der Waals surface area contributed by atoms with E-state index in [1.165, 1.54) is 40.2 Å². The fourth-order valence-corrected chi connectivity index (χ4v) is 4.48. The SMILES string of the molecule is CC(=Cc1ccc(C(=O)O)cc1)c1ccc2c(c1)C(C)(C)CCCS2. The van der Waals surface area contributed by atoms with Crippen LogP contribution in [0.15, 0.2) is 47.4 Å². The summed E-state index contributed by atoms with van der Waals surface area (Å²) in [4.78, 5) is 12.4. The highest BCUT2D eigenvalue weighted by Crippen LogP contribution is 2.41. The first kappa shape index (κ1) is 17.8. The average molecular weight is 352 g/mol. The fourth-order valence-electron chi connectivity index (χ4n) is 3.32. The molecular formula is C22H24O2S. The van der Waals surface area contributed by atoms with Crippen LogP contribution in [0.3, 0.4) is 0 Å². The summed E-state index contributed by atoms with van der Waals surface area (Å²) in [5, 5.41) is 9.00. The molecule has 1 aliphatic rings. The van der Waals surface area contributed by atoms with Gasteiger partial charge in [-0.05, 0) is 77.5 Å². The van der Waals surface area contributed by atoms with Gasteiger partial charge in [0.05, 0.1) is 5.56 Å². The van der Waals surface area contributed by atoms with Gasteiger partial charge in [-0.1, -0.05) is 38.1 Å². The Morgan fingerprint density at radius 2 is 1.80 bits per heavy atom.